The summed E-state index contributed by atoms with van der Waals surface area (Å²) in [6, 6.07) is 1.99. The van der Waals surface area contributed by atoms with Crippen molar-refractivity contribution in [2.45, 2.75) is 66.0 Å². The minimum absolute atomic E-state index is 0.0314. The van der Waals surface area contributed by atoms with E-state index in [9.17, 15) is 4.79 Å². The third kappa shape index (κ3) is 5.36. The van der Waals surface area contributed by atoms with Crippen molar-refractivity contribution < 1.29 is 9.53 Å². The molecule has 3 rings (SSSR count). The number of rotatable bonds is 6. The van der Waals surface area contributed by atoms with Crippen molar-refractivity contribution in [3.8, 4) is 0 Å². The lowest BCUT2D eigenvalue weighted by Crippen LogP contribution is -2.48. The summed E-state index contributed by atoms with van der Waals surface area (Å²) in [5, 5.41) is 12.4. The largest absolute Gasteiger partial charge is 0.462 e. The van der Waals surface area contributed by atoms with Crippen molar-refractivity contribution in [1.29, 1.82) is 0 Å². The Balaban J connectivity index is 1.78. The number of aryl methyl sites for hydroxylation is 1. The van der Waals surface area contributed by atoms with E-state index in [1.54, 1.807) is 17.5 Å². The third-order valence-electron chi connectivity index (χ3n) is 5.16. The Kier molecular flexibility index (Phi) is 6.95. The second-order valence-electron chi connectivity index (χ2n) is 8.38. The first kappa shape index (κ1) is 21.8. The van der Waals surface area contributed by atoms with Crippen LogP contribution in [0.4, 0.5) is 5.00 Å². The zero-order valence-electron chi connectivity index (χ0n) is 17.6. The van der Waals surface area contributed by atoms with Crippen LogP contribution >= 0.6 is 23.6 Å². The van der Waals surface area contributed by atoms with Gasteiger partial charge in [0.05, 0.1) is 24.8 Å². The van der Waals surface area contributed by atoms with Crippen molar-refractivity contribution in [2.24, 2.45) is 5.41 Å². The number of hydrogen-bond acceptors (Lipinski definition) is 5. The number of fused-ring (bicyclic) bond motifs is 1. The normalized spacial score (nSPS) is 14.8. The van der Waals surface area contributed by atoms with Crippen LogP contribution in [0.5, 0.6) is 0 Å². The number of aromatic nitrogens is 2. The number of carbonyl (C=O) groups excluding carboxylic acids is 1. The zero-order valence-corrected chi connectivity index (χ0v) is 19.2. The maximum Gasteiger partial charge on any atom is 0.341 e. The van der Waals surface area contributed by atoms with Gasteiger partial charge in [0.25, 0.3) is 0 Å². The maximum atomic E-state index is 12.6. The van der Waals surface area contributed by atoms with E-state index >= 15 is 0 Å². The van der Waals surface area contributed by atoms with Crippen LogP contribution in [0.3, 0.4) is 0 Å². The molecular weight excluding hydrogens is 404 g/mol. The number of esters is 1. The highest BCUT2D eigenvalue weighted by Gasteiger charge is 2.29. The quantitative estimate of drug-likeness (QED) is 0.519. The van der Waals surface area contributed by atoms with Gasteiger partial charge in [0.15, 0.2) is 5.11 Å². The van der Waals surface area contributed by atoms with Crippen molar-refractivity contribution >= 4 is 39.6 Å². The van der Waals surface area contributed by atoms with E-state index < -0.39 is 0 Å². The van der Waals surface area contributed by atoms with Gasteiger partial charge in [-0.3, -0.25) is 4.68 Å². The molecule has 0 saturated carbocycles. The highest BCUT2D eigenvalue weighted by atomic mass is 32.1. The van der Waals surface area contributed by atoms with Crippen molar-refractivity contribution in [3.63, 3.8) is 0 Å². The standard InChI is InChI=1S/C21H30N4O2S2/c1-5-27-19(26)17-14-9-6-7-10-15(14)29-18(17)24-20(28)23-16(21(2,3)4)13-25-12-8-11-22-25/h8,11-12,16H,5-7,9-10,13H2,1-4H3,(H2,23,24,28). The Bertz CT molecular complexity index is 853. The molecule has 0 bridgehead atoms. The molecule has 1 unspecified atom stereocenters. The molecule has 2 aromatic heterocycles. The molecule has 1 aliphatic rings. The van der Waals surface area contributed by atoms with Crippen LogP contribution in [-0.2, 0) is 24.1 Å². The minimum atomic E-state index is -0.263. The molecule has 158 valence electrons. The lowest BCUT2D eigenvalue weighted by atomic mass is 9.87. The van der Waals surface area contributed by atoms with Gasteiger partial charge in [-0.25, -0.2) is 4.79 Å². The summed E-state index contributed by atoms with van der Waals surface area (Å²) in [4.78, 5) is 13.9. The van der Waals surface area contributed by atoms with Gasteiger partial charge >= 0.3 is 5.97 Å². The van der Waals surface area contributed by atoms with Gasteiger partial charge in [0.1, 0.15) is 5.00 Å². The monoisotopic (exact) mass is 434 g/mol. The molecule has 6 nitrogen and oxygen atoms in total. The Labute approximate surface area is 182 Å². The highest BCUT2D eigenvalue weighted by Crippen LogP contribution is 2.38. The van der Waals surface area contributed by atoms with Crippen LogP contribution in [0.2, 0.25) is 0 Å². The minimum Gasteiger partial charge on any atom is -0.462 e. The van der Waals surface area contributed by atoms with Gasteiger partial charge in [-0.1, -0.05) is 20.8 Å². The third-order valence-corrected chi connectivity index (χ3v) is 6.58. The Hall–Kier alpha value is -1.93. The van der Waals surface area contributed by atoms with E-state index in [-0.39, 0.29) is 17.4 Å². The Morgan fingerprint density at radius 1 is 1.38 bits per heavy atom. The molecule has 0 radical (unpaired) electrons. The smallest absolute Gasteiger partial charge is 0.341 e. The Morgan fingerprint density at radius 3 is 2.79 bits per heavy atom. The fraction of sp³-hybridized carbons (Fsp3) is 0.571. The fourth-order valence-corrected chi connectivity index (χ4v) is 5.09. The van der Waals surface area contributed by atoms with E-state index in [1.807, 2.05) is 23.9 Å². The number of thiophene rings is 1. The zero-order chi connectivity index (χ0) is 21.0. The lowest BCUT2D eigenvalue weighted by molar-refractivity contribution is 0.0526. The van der Waals surface area contributed by atoms with Crippen molar-refractivity contribution in [2.75, 3.05) is 11.9 Å². The fourth-order valence-electron chi connectivity index (χ4n) is 3.50. The van der Waals surface area contributed by atoms with E-state index in [0.29, 0.717) is 23.8 Å². The molecular formula is C21H30N4O2S2. The number of thiocarbonyl (C=S) groups is 1. The molecule has 0 aliphatic heterocycles. The number of carbonyl (C=O) groups is 1. The summed E-state index contributed by atoms with van der Waals surface area (Å²) >= 11 is 7.26. The number of nitrogens with one attached hydrogen (secondary N) is 2. The van der Waals surface area contributed by atoms with Crippen LogP contribution in [0, 0.1) is 5.41 Å². The first-order valence-electron chi connectivity index (χ1n) is 10.2. The highest BCUT2D eigenvalue weighted by molar-refractivity contribution is 7.80. The predicted molar refractivity (Wildman–Crippen MR) is 122 cm³/mol. The molecule has 0 saturated heterocycles. The first-order valence-corrected chi connectivity index (χ1v) is 11.4. The van der Waals surface area contributed by atoms with Crippen LogP contribution in [0.1, 0.15) is 61.3 Å². The second kappa shape index (κ2) is 9.26. The topological polar surface area (TPSA) is 68.2 Å². The summed E-state index contributed by atoms with van der Waals surface area (Å²) in [5.41, 5.74) is 1.76. The molecule has 1 aliphatic carbocycles. The molecule has 0 spiro atoms. The molecule has 2 heterocycles. The van der Waals surface area contributed by atoms with E-state index in [1.165, 1.54) is 4.88 Å². The van der Waals surface area contributed by atoms with Crippen molar-refractivity contribution in [3.05, 3.63) is 34.5 Å². The molecule has 2 N–H and O–H groups in total. The predicted octanol–water partition coefficient (Wildman–Crippen LogP) is 4.40. The lowest BCUT2D eigenvalue weighted by Gasteiger charge is -2.32. The van der Waals surface area contributed by atoms with E-state index in [0.717, 1.165) is 36.2 Å². The van der Waals surface area contributed by atoms with Gasteiger partial charge in [-0.05, 0) is 61.9 Å². The molecule has 2 aromatic rings. The Morgan fingerprint density at radius 2 is 2.14 bits per heavy atom. The molecule has 0 aromatic carbocycles. The first-order chi connectivity index (χ1) is 13.8. The second-order valence-corrected chi connectivity index (χ2v) is 9.89. The molecule has 1 atom stereocenters. The average molecular weight is 435 g/mol. The van der Waals surface area contributed by atoms with Crippen LogP contribution < -0.4 is 10.6 Å². The van der Waals surface area contributed by atoms with Gasteiger partial charge in [0, 0.05) is 17.3 Å². The summed E-state index contributed by atoms with van der Waals surface area (Å²) in [6.07, 6.45) is 7.92. The van der Waals surface area contributed by atoms with Crippen LogP contribution in [0.25, 0.3) is 0 Å². The van der Waals surface area contributed by atoms with E-state index in [2.05, 4.69) is 36.5 Å². The number of ether oxygens (including phenoxy) is 1. The summed E-state index contributed by atoms with van der Waals surface area (Å²) < 4.78 is 7.23. The van der Waals surface area contributed by atoms with Gasteiger partial charge in [0.2, 0.25) is 0 Å². The van der Waals surface area contributed by atoms with Crippen LogP contribution in [0.15, 0.2) is 18.5 Å². The van der Waals surface area contributed by atoms with Crippen LogP contribution in [-0.4, -0.2) is 33.5 Å². The molecule has 0 amide bonds. The maximum absolute atomic E-state index is 12.6. The molecule has 8 heteroatoms. The average Bonchev–Trinajstić information content (AvgIpc) is 3.27. The van der Waals surface area contributed by atoms with Gasteiger partial charge in [-0.15, -0.1) is 11.3 Å². The van der Waals surface area contributed by atoms with E-state index in [4.69, 9.17) is 17.0 Å². The number of hydrogen-bond donors (Lipinski definition) is 2. The van der Waals surface area contributed by atoms with Crippen molar-refractivity contribution in [1.82, 2.24) is 15.1 Å². The van der Waals surface area contributed by atoms with Gasteiger partial charge in [-0.2, -0.15) is 5.10 Å². The summed E-state index contributed by atoms with van der Waals surface area (Å²) in [7, 11) is 0. The summed E-state index contributed by atoms with van der Waals surface area (Å²) in [5.74, 6) is -0.263. The SMILES string of the molecule is CCOC(=O)c1c(NC(=S)NC(Cn2cccn2)C(C)(C)C)sc2c1CCCC2. The number of anilines is 1. The number of nitrogens with zero attached hydrogens (tertiary/aromatic N) is 2. The molecule has 29 heavy (non-hydrogen) atoms. The summed E-state index contributed by atoms with van der Waals surface area (Å²) in [6.45, 7) is 9.41. The molecule has 0 fully saturated rings. The van der Waals surface area contributed by atoms with Gasteiger partial charge < -0.3 is 15.4 Å².